The number of nitrogens with zero attached hydrogens (tertiary/aromatic N) is 1. The van der Waals surface area contributed by atoms with Gasteiger partial charge in [0.2, 0.25) is 17.7 Å². The maximum Gasteiger partial charge on any atom is 0.326 e. The summed E-state index contributed by atoms with van der Waals surface area (Å²) < 4.78 is 0. The van der Waals surface area contributed by atoms with Crippen LogP contribution in [0.2, 0.25) is 0 Å². The van der Waals surface area contributed by atoms with Gasteiger partial charge < -0.3 is 49.1 Å². The molecule has 0 bridgehead atoms. The van der Waals surface area contributed by atoms with Crippen LogP contribution in [0.1, 0.15) is 58.8 Å². The first-order valence-electron chi connectivity index (χ1n) is 12.1. The predicted molar refractivity (Wildman–Crippen MR) is 136 cm³/mol. The number of carbonyl (C=O) groups is 5. The molecule has 0 aromatic heterocycles. The first kappa shape index (κ1) is 33.5. The predicted octanol–water partition coefficient (Wildman–Crippen LogP) is -2.44. The molecule has 0 rings (SSSR count). The van der Waals surface area contributed by atoms with Gasteiger partial charge in [-0.25, -0.2) is 4.79 Å². The van der Waals surface area contributed by atoms with E-state index in [1.807, 2.05) is 13.8 Å². The molecule has 0 heterocycles. The minimum atomic E-state index is -1.40. The summed E-state index contributed by atoms with van der Waals surface area (Å²) >= 11 is 0. The summed E-state index contributed by atoms with van der Waals surface area (Å²) in [6.07, 6.45) is 1.14. The van der Waals surface area contributed by atoms with Crippen LogP contribution in [0.4, 0.5) is 0 Å². The van der Waals surface area contributed by atoms with Crippen LogP contribution in [0.3, 0.4) is 0 Å². The highest BCUT2D eigenvalue weighted by molar-refractivity contribution is 5.94. The van der Waals surface area contributed by atoms with E-state index in [0.29, 0.717) is 19.4 Å². The van der Waals surface area contributed by atoms with Crippen molar-refractivity contribution in [3.63, 3.8) is 0 Å². The van der Waals surface area contributed by atoms with Crippen molar-refractivity contribution in [2.75, 3.05) is 13.1 Å². The van der Waals surface area contributed by atoms with Crippen molar-refractivity contribution in [1.82, 2.24) is 16.0 Å². The number of carboxylic acids is 2. The number of aliphatic carboxylic acids is 2. The second-order valence-electron chi connectivity index (χ2n) is 9.09. The van der Waals surface area contributed by atoms with Crippen LogP contribution < -0.4 is 38.9 Å². The maximum atomic E-state index is 13.1. The number of nitrogens with one attached hydrogen (secondary N) is 3. The molecule has 0 aliphatic rings. The van der Waals surface area contributed by atoms with Crippen molar-refractivity contribution in [3.8, 4) is 0 Å². The van der Waals surface area contributed by atoms with Gasteiger partial charge in [0.05, 0.1) is 12.5 Å². The second kappa shape index (κ2) is 17.9. The van der Waals surface area contributed by atoms with Crippen molar-refractivity contribution < 1.29 is 34.2 Å². The Labute approximate surface area is 216 Å². The summed E-state index contributed by atoms with van der Waals surface area (Å²) in [6, 6.07) is -4.82. The van der Waals surface area contributed by atoms with Crippen LogP contribution in [0.25, 0.3) is 0 Å². The number of carbonyl (C=O) groups excluding carboxylic acids is 3. The molecule has 212 valence electrons. The summed E-state index contributed by atoms with van der Waals surface area (Å²) in [4.78, 5) is 64.7. The van der Waals surface area contributed by atoms with Crippen LogP contribution in [-0.4, -0.2) is 83.1 Å². The van der Waals surface area contributed by atoms with Crippen LogP contribution in [-0.2, 0) is 24.0 Å². The van der Waals surface area contributed by atoms with E-state index in [9.17, 15) is 29.1 Å². The molecule has 0 aliphatic heterocycles. The van der Waals surface area contributed by atoms with Gasteiger partial charge in [0.1, 0.15) is 18.1 Å². The van der Waals surface area contributed by atoms with Crippen LogP contribution in [0.5, 0.6) is 0 Å². The molecule has 0 aromatic carbocycles. The van der Waals surface area contributed by atoms with E-state index in [2.05, 4.69) is 20.9 Å². The zero-order valence-electron chi connectivity index (χ0n) is 21.4. The van der Waals surface area contributed by atoms with E-state index >= 15 is 0 Å². The Balaban J connectivity index is 5.59. The van der Waals surface area contributed by atoms with Gasteiger partial charge in [0.25, 0.3) is 0 Å². The van der Waals surface area contributed by atoms with Gasteiger partial charge >= 0.3 is 11.9 Å². The Kier molecular flexibility index (Phi) is 16.2. The molecule has 0 aromatic rings. The van der Waals surface area contributed by atoms with Gasteiger partial charge in [0.15, 0.2) is 5.96 Å². The fourth-order valence-corrected chi connectivity index (χ4v) is 3.33. The molecule has 0 saturated heterocycles. The van der Waals surface area contributed by atoms with Crippen LogP contribution in [0, 0.1) is 5.92 Å². The van der Waals surface area contributed by atoms with Gasteiger partial charge in [-0.3, -0.25) is 24.2 Å². The van der Waals surface area contributed by atoms with E-state index in [1.165, 1.54) is 0 Å². The fraction of sp³-hybridized carbons (Fsp3) is 0.727. The number of hydrogen-bond donors (Lipinski definition) is 9. The van der Waals surface area contributed by atoms with E-state index in [-0.39, 0.29) is 44.1 Å². The molecule has 3 amide bonds. The van der Waals surface area contributed by atoms with Crippen LogP contribution >= 0.6 is 0 Å². The Morgan fingerprint density at radius 2 is 1.35 bits per heavy atom. The number of hydrogen-bond acceptors (Lipinski definition) is 8. The summed E-state index contributed by atoms with van der Waals surface area (Å²) in [5, 5.41) is 25.8. The highest BCUT2D eigenvalue weighted by Crippen LogP contribution is 2.09. The molecular weight excluding hydrogens is 488 g/mol. The largest absolute Gasteiger partial charge is 0.481 e. The lowest BCUT2D eigenvalue weighted by atomic mass is 10.0. The third-order valence-electron chi connectivity index (χ3n) is 5.21. The van der Waals surface area contributed by atoms with E-state index in [0.717, 1.165) is 0 Å². The standard InChI is InChI=1S/C22H42N8O7/c1-12(2)10-16(20(35)29-15(21(36)37)6-3-4-8-23)30-19(34)14(7-5-9-27-22(25)26)28-18(33)13(24)11-17(31)32/h12-16H,3-11,23-24H2,1-2H3,(H,28,33)(H,29,35)(H,30,34)(H,31,32)(H,36,37)(H4,25,26,27). The Morgan fingerprint density at radius 1 is 0.811 bits per heavy atom. The monoisotopic (exact) mass is 530 g/mol. The van der Waals surface area contributed by atoms with Crippen molar-refractivity contribution in [2.24, 2.45) is 33.8 Å². The molecule has 15 nitrogen and oxygen atoms in total. The molecule has 0 spiro atoms. The fourth-order valence-electron chi connectivity index (χ4n) is 3.33. The smallest absolute Gasteiger partial charge is 0.326 e. The third-order valence-corrected chi connectivity index (χ3v) is 5.21. The lowest BCUT2D eigenvalue weighted by Gasteiger charge is -2.26. The normalized spacial score (nSPS) is 14.1. The van der Waals surface area contributed by atoms with Crippen molar-refractivity contribution >= 4 is 35.6 Å². The lowest BCUT2D eigenvalue weighted by molar-refractivity contribution is -0.142. The Morgan fingerprint density at radius 3 is 1.86 bits per heavy atom. The highest BCUT2D eigenvalue weighted by atomic mass is 16.4. The topological polar surface area (TPSA) is 278 Å². The minimum absolute atomic E-state index is 0.0459. The summed E-state index contributed by atoms with van der Waals surface area (Å²) in [5.74, 6) is -4.97. The van der Waals surface area contributed by atoms with Crippen molar-refractivity contribution in [2.45, 2.75) is 83.0 Å². The molecule has 0 radical (unpaired) electrons. The Hall–Kier alpha value is -3.46. The van der Waals surface area contributed by atoms with E-state index in [4.69, 9.17) is 28.0 Å². The molecule has 4 atom stereocenters. The van der Waals surface area contributed by atoms with E-state index in [1.54, 1.807) is 0 Å². The summed E-state index contributed by atoms with van der Waals surface area (Å²) in [6.45, 7) is 4.18. The number of amides is 3. The average molecular weight is 531 g/mol. The number of unbranched alkanes of at least 4 members (excludes halogenated alkanes) is 1. The molecule has 0 saturated carbocycles. The molecule has 0 fully saturated rings. The Bertz CT molecular complexity index is 802. The summed E-state index contributed by atoms with van der Waals surface area (Å²) in [5.41, 5.74) is 21.6. The van der Waals surface area contributed by atoms with Crippen LogP contribution in [0.15, 0.2) is 4.99 Å². The van der Waals surface area contributed by atoms with Gasteiger partial charge in [-0.05, 0) is 51.0 Å². The molecule has 37 heavy (non-hydrogen) atoms. The third kappa shape index (κ3) is 15.3. The zero-order valence-corrected chi connectivity index (χ0v) is 21.4. The second-order valence-corrected chi connectivity index (χ2v) is 9.09. The van der Waals surface area contributed by atoms with Crippen molar-refractivity contribution in [3.05, 3.63) is 0 Å². The quantitative estimate of drug-likeness (QED) is 0.0480. The van der Waals surface area contributed by atoms with Crippen molar-refractivity contribution in [1.29, 1.82) is 0 Å². The van der Waals surface area contributed by atoms with Gasteiger partial charge in [0, 0.05) is 6.54 Å². The number of carboxylic acid groups (broad SMARTS) is 2. The minimum Gasteiger partial charge on any atom is -0.481 e. The lowest BCUT2D eigenvalue weighted by Crippen LogP contribution is -2.57. The number of guanidine groups is 1. The first-order chi connectivity index (χ1) is 17.3. The SMILES string of the molecule is CC(C)CC(NC(=O)C(CCCN=C(N)N)NC(=O)C(N)CC(=O)O)C(=O)NC(CCCCN)C(=O)O. The average Bonchev–Trinajstić information content (AvgIpc) is 2.78. The van der Waals surface area contributed by atoms with E-state index < -0.39 is 60.2 Å². The number of aliphatic imine (C=N–C) groups is 1. The number of nitrogens with two attached hydrogens (primary N) is 4. The molecule has 15 heteroatoms. The summed E-state index contributed by atoms with van der Waals surface area (Å²) in [7, 11) is 0. The molecule has 13 N–H and O–H groups in total. The van der Waals surface area contributed by atoms with Gasteiger partial charge in [-0.15, -0.1) is 0 Å². The van der Waals surface area contributed by atoms with Gasteiger partial charge in [-0.1, -0.05) is 13.8 Å². The maximum absolute atomic E-state index is 13.1. The first-order valence-corrected chi connectivity index (χ1v) is 12.1. The molecule has 4 unspecified atom stereocenters. The molecular formula is C22H42N8O7. The highest BCUT2D eigenvalue weighted by Gasteiger charge is 2.30. The van der Waals surface area contributed by atoms with Gasteiger partial charge in [-0.2, -0.15) is 0 Å². The number of rotatable bonds is 19. The zero-order chi connectivity index (χ0) is 28.5. The molecule has 0 aliphatic carbocycles.